The Labute approximate surface area is 76.9 Å². The topological polar surface area (TPSA) is 33.1 Å². The van der Waals surface area contributed by atoms with E-state index in [1.807, 2.05) is 31.3 Å². The van der Waals surface area contributed by atoms with E-state index in [1.54, 1.807) is 0 Å². The molecule has 0 saturated heterocycles. The fourth-order valence-corrected chi connectivity index (χ4v) is 1.38. The van der Waals surface area contributed by atoms with Gasteiger partial charge in [-0.15, -0.1) is 0 Å². The van der Waals surface area contributed by atoms with Crippen LogP contribution < -0.4 is 0 Å². The molecule has 2 aromatic rings. The molecule has 13 heavy (non-hydrogen) atoms. The third kappa shape index (κ3) is 1.53. The predicted octanol–water partition coefficient (Wildman–Crippen LogP) is 2.04. The highest BCUT2D eigenvalue weighted by Gasteiger charge is 1.96. The van der Waals surface area contributed by atoms with Crippen LogP contribution in [0.5, 0.6) is 0 Å². The lowest BCUT2D eigenvalue weighted by Gasteiger charge is -2.00. The quantitative estimate of drug-likeness (QED) is 0.715. The van der Waals surface area contributed by atoms with Crippen molar-refractivity contribution in [1.82, 2.24) is 4.98 Å². The van der Waals surface area contributed by atoms with Crippen LogP contribution in [-0.4, -0.2) is 10.1 Å². The number of hydrogen-bond donors (Lipinski definition) is 1. The maximum Gasteiger partial charge on any atom is 0.0705 e. The fourth-order valence-electron chi connectivity index (χ4n) is 1.38. The molecule has 0 bridgehead atoms. The zero-order chi connectivity index (χ0) is 9.26. The minimum absolute atomic E-state index is 0.0749. The summed E-state index contributed by atoms with van der Waals surface area (Å²) in [4.78, 5) is 4.28. The lowest BCUT2D eigenvalue weighted by molar-refractivity contribution is 0.282. The number of fused-ring (bicyclic) bond motifs is 1. The average Bonchev–Trinajstić information content (AvgIpc) is 2.17. The number of aliphatic hydroxyl groups is 1. The van der Waals surface area contributed by atoms with Crippen LogP contribution in [0.25, 0.3) is 10.9 Å². The maximum atomic E-state index is 8.92. The molecule has 0 fully saturated rings. The molecule has 0 radical (unpaired) electrons. The summed E-state index contributed by atoms with van der Waals surface area (Å²) in [5.41, 5.74) is 3.00. The Hall–Kier alpha value is -1.41. The standard InChI is InChI=1S/C11H11NO/c1-8-4-10-3-2-9(7-13)5-11(10)12-6-8/h2-6,13H,7H2,1H3. The van der Waals surface area contributed by atoms with Crippen molar-refractivity contribution in [2.45, 2.75) is 13.5 Å². The second-order valence-corrected chi connectivity index (χ2v) is 3.20. The fraction of sp³-hybridized carbons (Fsp3) is 0.182. The molecule has 0 atom stereocenters. The van der Waals surface area contributed by atoms with Gasteiger partial charge in [-0.05, 0) is 30.2 Å². The second kappa shape index (κ2) is 3.15. The van der Waals surface area contributed by atoms with Gasteiger partial charge in [0.1, 0.15) is 0 Å². The van der Waals surface area contributed by atoms with Gasteiger partial charge < -0.3 is 5.11 Å². The van der Waals surface area contributed by atoms with Gasteiger partial charge in [0.25, 0.3) is 0 Å². The van der Waals surface area contributed by atoms with Crippen LogP contribution in [0.2, 0.25) is 0 Å². The lowest BCUT2D eigenvalue weighted by Crippen LogP contribution is -1.85. The van der Waals surface area contributed by atoms with Crippen LogP contribution in [0.3, 0.4) is 0 Å². The number of aromatic nitrogens is 1. The highest BCUT2D eigenvalue weighted by molar-refractivity contribution is 5.79. The highest BCUT2D eigenvalue weighted by atomic mass is 16.3. The molecule has 0 amide bonds. The molecule has 2 nitrogen and oxygen atoms in total. The van der Waals surface area contributed by atoms with Crippen LogP contribution in [0.1, 0.15) is 11.1 Å². The van der Waals surface area contributed by atoms with E-state index < -0.39 is 0 Å². The zero-order valence-electron chi connectivity index (χ0n) is 7.49. The van der Waals surface area contributed by atoms with Crippen LogP contribution in [0.15, 0.2) is 30.5 Å². The first-order valence-corrected chi connectivity index (χ1v) is 4.26. The van der Waals surface area contributed by atoms with E-state index >= 15 is 0 Å². The van der Waals surface area contributed by atoms with E-state index in [0.29, 0.717) is 0 Å². The molecule has 0 aliphatic rings. The van der Waals surface area contributed by atoms with Gasteiger partial charge in [-0.25, -0.2) is 0 Å². The van der Waals surface area contributed by atoms with Gasteiger partial charge in [0.05, 0.1) is 12.1 Å². The Balaban J connectivity index is 2.66. The summed E-state index contributed by atoms with van der Waals surface area (Å²) in [7, 11) is 0. The Morgan fingerprint density at radius 2 is 2.15 bits per heavy atom. The predicted molar refractivity (Wildman–Crippen MR) is 52.4 cm³/mol. The number of nitrogens with zero attached hydrogens (tertiary/aromatic N) is 1. The number of benzene rings is 1. The first kappa shape index (κ1) is 8.20. The summed E-state index contributed by atoms with van der Waals surface area (Å²) in [6.45, 7) is 2.10. The summed E-state index contributed by atoms with van der Waals surface area (Å²) >= 11 is 0. The Morgan fingerprint density at radius 3 is 2.92 bits per heavy atom. The zero-order valence-corrected chi connectivity index (χ0v) is 7.49. The lowest BCUT2D eigenvalue weighted by atomic mass is 10.1. The van der Waals surface area contributed by atoms with Crippen molar-refractivity contribution in [2.24, 2.45) is 0 Å². The van der Waals surface area contributed by atoms with Gasteiger partial charge in [-0.1, -0.05) is 12.1 Å². The summed E-state index contributed by atoms with van der Waals surface area (Å²) in [6, 6.07) is 7.91. The molecule has 1 aromatic heterocycles. The van der Waals surface area contributed by atoms with Crippen LogP contribution in [-0.2, 0) is 6.61 Å². The van der Waals surface area contributed by atoms with E-state index in [1.165, 1.54) is 0 Å². The van der Waals surface area contributed by atoms with Crippen molar-refractivity contribution < 1.29 is 5.11 Å². The molecule has 0 aliphatic heterocycles. The van der Waals surface area contributed by atoms with E-state index in [4.69, 9.17) is 5.11 Å². The van der Waals surface area contributed by atoms with E-state index in [-0.39, 0.29) is 6.61 Å². The molecule has 1 N–H and O–H groups in total. The van der Waals surface area contributed by atoms with E-state index in [0.717, 1.165) is 22.0 Å². The van der Waals surface area contributed by atoms with Crippen molar-refractivity contribution in [3.8, 4) is 0 Å². The summed E-state index contributed by atoms with van der Waals surface area (Å²) in [5, 5.41) is 10.0. The Morgan fingerprint density at radius 1 is 1.31 bits per heavy atom. The summed E-state index contributed by atoms with van der Waals surface area (Å²) in [6.07, 6.45) is 1.84. The number of pyridine rings is 1. The van der Waals surface area contributed by atoms with Crippen LogP contribution in [0, 0.1) is 6.92 Å². The summed E-state index contributed by atoms with van der Waals surface area (Å²) < 4.78 is 0. The van der Waals surface area contributed by atoms with Gasteiger partial charge in [0.2, 0.25) is 0 Å². The molecule has 66 valence electrons. The second-order valence-electron chi connectivity index (χ2n) is 3.20. The molecule has 0 unspecified atom stereocenters. The van der Waals surface area contributed by atoms with Crippen LogP contribution in [0.4, 0.5) is 0 Å². The minimum Gasteiger partial charge on any atom is -0.392 e. The Kier molecular flexibility index (Phi) is 1.99. The number of aryl methyl sites for hydroxylation is 1. The van der Waals surface area contributed by atoms with Gasteiger partial charge in [0.15, 0.2) is 0 Å². The normalized spacial score (nSPS) is 10.6. The molecule has 2 heteroatoms. The van der Waals surface area contributed by atoms with Gasteiger partial charge in [-0.2, -0.15) is 0 Å². The third-order valence-corrected chi connectivity index (χ3v) is 2.07. The minimum atomic E-state index is 0.0749. The monoisotopic (exact) mass is 173 g/mol. The van der Waals surface area contributed by atoms with Crippen LogP contribution >= 0.6 is 0 Å². The van der Waals surface area contributed by atoms with Crippen molar-refractivity contribution >= 4 is 10.9 Å². The summed E-state index contributed by atoms with van der Waals surface area (Å²) in [5.74, 6) is 0. The van der Waals surface area contributed by atoms with Crippen molar-refractivity contribution in [3.63, 3.8) is 0 Å². The molecule has 0 spiro atoms. The van der Waals surface area contributed by atoms with Crippen molar-refractivity contribution in [1.29, 1.82) is 0 Å². The molecule has 1 aromatic carbocycles. The SMILES string of the molecule is Cc1cnc2cc(CO)ccc2c1. The molecule has 1 heterocycles. The average molecular weight is 173 g/mol. The largest absolute Gasteiger partial charge is 0.392 e. The number of aliphatic hydroxyl groups excluding tert-OH is 1. The first-order chi connectivity index (χ1) is 6.29. The molecule has 0 aliphatic carbocycles. The molecule has 2 rings (SSSR count). The van der Waals surface area contributed by atoms with Gasteiger partial charge in [0, 0.05) is 11.6 Å². The van der Waals surface area contributed by atoms with Crippen molar-refractivity contribution in [3.05, 3.63) is 41.6 Å². The molecule has 0 saturated carbocycles. The number of rotatable bonds is 1. The molecular weight excluding hydrogens is 162 g/mol. The Bertz CT molecular complexity index is 437. The van der Waals surface area contributed by atoms with Gasteiger partial charge >= 0.3 is 0 Å². The van der Waals surface area contributed by atoms with Gasteiger partial charge in [-0.3, -0.25) is 4.98 Å². The third-order valence-electron chi connectivity index (χ3n) is 2.07. The molecular formula is C11H11NO. The maximum absolute atomic E-state index is 8.92. The number of hydrogen-bond acceptors (Lipinski definition) is 2. The smallest absolute Gasteiger partial charge is 0.0705 e. The van der Waals surface area contributed by atoms with Crippen molar-refractivity contribution in [2.75, 3.05) is 0 Å². The first-order valence-electron chi connectivity index (χ1n) is 4.26. The van der Waals surface area contributed by atoms with E-state index in [2.05, 4.69) is 11.1 Å². The van der Waals surface area contributed by atoms with E-state index in [9.17, 15) is 0 Å². The highest BCUT2D eigenvalue weighted by Crippen LogP contribution is 2.14.